The van der Waals surface area contributed by atoms with Gasteiger partial charge in [0.15, 0.2) is 6.23 Å². The van der Waals surface area contributed by atoms with Gasteiger partial charge in [-0.05, 0) is 25.0 Å². The highest BCUT2D eigenvalue weighted by Crippen LogP contribution is 2.26. The monoisotopic (exact) mass is 332 g/mol. The van der Waals surface area contributed by atoms with Crippen LogP contribution < -0.4 is 0 Å². The molecule has 2 unspecified atom stereocenters. The standard InChI is InChI=1S/C18H28N4O2/c1-4-24-18(22-16-8-6-5-7-15(16)19-20-22)13-17(14(2)3)21-9-11-23-12-10-21/h5-8,14,17-18H,4,9-13H2,1-3H3. The van der Waals surface area contributed by atoms with Crippen molar-refractivity contribution in [1.82, 2.24) is 19.9 Å². The van der Waals surface area contributed by atoms with E-state index in [4.69, 9.17) is 9.47 Å². The molecule has 0 saturated carbocycles. The summed E-state index contributed by atoms with van der Waals surface area (Å²) < 4.78 is 13.5. The number of hydrogen-bond acceptors (Lipinski definition) is 5. The van der Waals surface area contributed by atoms with Crippen LogP contribution in [-0.2, 0) is 9.47 Å². The second-order valence-corrected chi connectivity index (χ2v) is 6.63. The molecule has 1 aromatic heterocycles. The second kappa shape index (κ2) is 8.05. The molecule has 1 aliphatic rings. The highest BCUT2D eigenvalue weighted by molar-refractivity contribution is 5.73. The van der Waals surface area contributed by atoms with Crippen molar-refractivity contribution in [2.24, 2.45) is 5.92 Å². The van der Waals surface area contributed by atoms with Gasteiger partial charge in [0.1, 0.15) is 5.52 Å². The summed E-state index contributed by atoms with van der Waals surface area (Å²) in [4.78, 5) is 2.53. The summed E-state index contributed by atoms with van der Waals surface area (Å²) in [5, 5.41) is 8.66. The van der Waals surface area contributed by atoms with Crippen molar-refractivity contribution in [3.05, 3.63) is 24.3 Å². The van der Waals surface area contributed by atoms with Crippen LogP contribution in [0.25, 0.3) is 11.0 Å². The molecule has 2 aromatic rings. The van der Waals surface area contributed by atoms with Gasteiger partial charge in [0.2, 0.25) is 0 Å². The number of nitrogens with zero attached hydrogens (tertiary/aromatic N) is 4. The van der Waals surface area contributed by atoms with Gasteiger partial charge in [-0.2, -0.15) is 0 Å². The van der Waals surface area contributed by atoms with Crippen molar-refractivity contribution in [3.8, 4) is 0 Å². The number of para-hydroxylation sites is 1. The van der Waals surface area contributed by atoms with Crippen LogP contribution in [0.3, 0.4) is 0 Å². The third-order valence-corrected chi connectivity index (χ3v) is 4.74. The molecule has 0 spiro atoms. The predicted octanol–water partition coefficient (Wildman–Crippen LogP) is 2.71. The minimum atomic E-state index is -0.0994. The number of benzene rings is 1. The van der Waals surface area contributed by atoms with Crippen molar-refractivity contribution < 1.29 is 9.47 Å². The molecular weight excluding hydrogens is 304 g/mol. The Morgan fingerprint density at radius 2 is 1.96 bits per heavy atom. The first-order valence-electron chi connectivity index (χ1n) is 8.94. The van der Waals surface area contributed by atoms with E-state index in [0.29, 0.717) is 18.6 Å². The molecule has 1 fully saturated rings. The van der Waals surface area contributed by atoms with E-state index in [-0.39, 0.29) is 6.23 Å². The molecule has 0 radical (unpaired) electrons. The fraction of sp³-hybridized carbons (Fsp3) is 0.667. The SMILES string of the molecule is CCOC(CC(C(C)C)N1CCOCC1)n1nnc2ccccc21. The van der Waals surface area contributed by atoms with E-state index in [9.17, 15) is 0 Å². The summed E-state index contributed by atoms with van der Waals surface area (Å²) in [6.07, 6.45) is 0.802. The number of aromatic nitrogens is 3. The first kappa shape index (κ1) is 17.3. The molecule has 1 aromatic carbocycles. The Hall–Kier alpha value is -1.50. The Kier molecular flexibility index (Phi) is 5.81. The fourth-order valence-corrected chi connectivity index (χ4v) is 3.49. The van der Waals surface area contributed by atoms with Gasteiger partial charge in [0, 0.05) is 32.2 Å². The van der Waals surface area contributed by atoms with Crippen LogP contribution in [0.15, 0.2) is 24.3 Å². The average molecular weight is 332 g/mol. The predicted molar refractivity (Wildman–Crippen MR) is 93.8 cm³/mol. The van der Waals surface area contributed by atoms with Gasteiger partial charge in [-0.25, -0.2) is 4.68 Å². The summed E-state index contributed by atoms with van der Waals surface area (Å²) in [5.74, 6) is 0.542. The number of hydrogen-bond donors (Lipinski definition) is 0. The van der Waals surface area contributed by atoms with Crippen LogP contribution >= 0.6 is 0 Å². The summed E-state index contributed by atoms with van der Waals surface area (Å²) in [5.41, 5.74) is 1.94. The van der Waals surface area contributed by atoms with Crippen molar-refractivity contribution in [1.29, 1.82) is 0 Å². The number of rotatable bonds is 7. The maximum atomic E-state index is 6.07. The molecular formula is C18H28N4O2. The topological polar surface area (TPSA) is 52.4 Å². The summed E-state index contributed by atoms with van der Waals surface area (Å²) >= 11 is 0. The van der Waals surface area contributed by atoms with Gasteiger partial charge in [-0.1, -0.05) is 31.2 Å². The highest BCUT2D eigenvalue weighted by Gasteiger charge is 2.28. The largest absolute Gasteiger partial charge is 0.379 e. The number of ether oxygens (including phenoxy) is 2. The van der Waals surface area contributed by atoms with Crippen molar-refractivity contribution in [3.63, 3.8) is 0 Å². The molecule has 0 aliphatic carbocycles. The maximum absolute atomic E-state index is 6.07. The maximum Gasteiger partial charge on any atom is 0.154 e. The lowest BCUT2D eigenvalue weighted by Crippen LogP contribution is -2.47. The Morgan fingerprint density at radius 3 is 2.67 bits per heavy atom. The summed E-state index contributed by atoms with van der Waals surface area (Å²) in [7, 11) is 0. The van der Waals surface area contributed by atoms with E-state index < -0.39 is 0 Å². The van der Waals surface area contributed by atoms with Crippen LogP contribution in [0, 0.1) is 5.92 Å². The van der Waals surface area contributed by atoms with Crippen molar-refractivity contribution in [2.75, 3.05) is 32.9 Å². The molecule has 0 amide bonds. The molecule has 2 heterocycles. The smallest absolute Gasteiger partial charge is 0.154 e. The van der Waals surface area contributed by atoms with Gasteiger partial charge < -0.3 is 9.47 Å². The van der Waals surface area contributed by atoms with Crippen molar-refractivity contribution in [2.45, 2.75) is 39.5 Å². The fourth-order valence-electron chi connectivity index (χ4n) is 3.49. The van der Waals surface area contributed by atoms with Gasteiger partial charge in [0.25, 0.3) is 0 Å². The lowest BCUT2D eigenvalue weighted by molar-refractivity contribution is -0.0482. The molecule has 2 atom stereocenters. The van der Waals surface area contributed by atoms with E-state index >= 15 is 0 Å². The third-order valence-electron chi connectivity index (χ3n) is 4.74. The molecule has 0 N–H and O–H groups in total. The first-order chi connectivity index (χ1) is 11.7. The molecule has 1 saturated heterocycles. The van der Waals surface area contributed by atoms with E-state index in [1.807, 2.05) is 29.8 Å². The van der Waals surface area contributed by atoms with E-state index in [1.165, 1.54) is 0 Å². The Morgan fingerprint density at radius 1 is 1.21 bits per heavy atom. The van der Waals surface area contributed by atoms with E-state index in [1.54, 1.807) is 0 Å². The number of morpholine rings is 1. The van der Waals surface area contributed by atoms with Gasteiger partial charge in [-0.3, -0.25) is 4.90 Å². The second-order valence-electron chi connectivity index (χ2n) is 6.63. The Bertz CT molecular complexity index is 637. The van der Waals surface area contributed by atoms with Crippen LogP contribution in [0.1, 0.15) is 33.4 Å². The van der Waals surface area contributed by atoms with Crippen LogP contribution in [-0.4, -0.2) is 58.8 Å². The van der Waals surface area contributed by atoms with E-state index in [2.05, 4.69) is 35.1 Å². The summed E-state index contributed by atoms with van der Waals surface area (Å²) in [6, 6.07) is 8.49. The minimum absolute atomic E-state index is 0.0994. The zero-order valence-electron chi connectivity index (χ0n) is 14.9. The molecule has 132 valence electrons. The average Bonchev–Trinajstić information content (AvgIpc) is 3.03. The minimum Gasteiger partial charge on any atom is -0.379 e. The Labute approximate surface area is 143 Å². The molecule has 6 heteroatoms. The molecule has 1 aliphatic heterocycles. The molecule has 24 heavy (non-hydrogen) atoms. The Balaban J connectivity index is 1.83. The van der Waals surface area contributed by atoms with Crippen LogP contribution in [0.2, 0.25) is 0 Å². The number of fused-ring (bicyclic) bond motifs is 1. The van der Waals surface area contributed by atoms with Gasteiger partial charge >= 0.3 is 0 Å². The molecule has 3 rings (SSSR count). The summed E-state index contributed by atoms with van der Waals surface area (Å²) in [6.45, 7) is 10.9. The van der Waals surface area contributed by atoms with Gasteiger partial charge in [-0.15, -0.1) is 5.10 Å². The zero-order chi connectivity index (χ0) is 16.9. The quantitative estimate of drug-likeness (QED) is 0.780. The van der Waals surface area contributed by atoms with Crippen LogP contribution in [0.4, 0.5) is 0 Å². The third kappa shape index (κ3) is 3.77. The van der Waals surface area contributed by atoms with Crippen molar-refractivity contribution >= 4 is 11.0 Å². The lowest BCUT2D eigenvalue weighted by Gasteiger charge is -2.38. The zero-order valence-corrected chi connectivity index (χ0v) is 14.9. The normalized spacial score (nSPS) is 19.0. The lowest BCUT2D eigenvalue weighted by atomic mass is 9.97. The molecule has 0 bridgehead atoms. The van der Waals surface area contributed by atoms with Crippen LogP contribution in [0.5, 0.6) is 0 Å². The first-order valence-corrected chi connectivity index (χ1v) is 8.94. The van der Waals surface area contributed by atoms with E-state index in [0.717, 1.165) is 43.8 Å². The highest BCUT2D eigenvalue weighted by atomic mass is 16.5. The van der Waals surface area contributed by atoms with Gasteiger partial charge in [0.05, 0.1) is 18.7 Å². The molecule has 6 nitrogen and oxygen atoms in total.